The van der Waals surface area contributed by atoms with Crippen LogP contribution in [-0.4, -0.2) is 17.8 Å². The van der Waals surface area contributed by atoms with Crippen molar-refractivity contribution >= 4 is 33.8 Å². The smallest absolute Gasteiger partial charge is 0.331 e. The minimum atomic E-state index is -0.169. The molecule has 4 bridgehead atoms. The number of nitrogens with zero attached hydrogens (tertiary/aromatic N) is 1. The van der Waals surface area contributed by atoms with Gasteiger partial charge in [-0.15, -0.1) is 0 Å². The molecule has 4 nitrogen and oxygen atoms in total. The molecule has 3 aromatic carbocycles. The molecule has 2 amide bonds. The van der Waals surface area contributed by atoms with E-state index in [1.54, 1.807) is 6.21 Å². The third kappa shape index (κ3) is 3.06. The number of hydrogen-bond acceptors (Lipinski definition) is 2. The van der Waals surface area contributed by atoms with Crippen LogP contribution in [0.15, 0.2) is 59.7 Å². The fourth-order valence-corrected chi connectivity index (χ4v) is 6.88. The van der Waals surface area contributed by atoms with E-state index in [0.717, 1.165) is 53.4 Å². The molecule has 4 saturated carbocycles. The van der Waals surface area contributed by atoms with Gasteiger partial charge >= 0.3 is 6.03 Å². The van der Waals surface area contributed by atoms with Crippen molar-refractivity contribution in [2.45, 2.75) is 44.1 Å². The Kier molecular flexibility index (Phi) is 4.08. The molecule has 0 saturated heterocycles. The van der Waals surface area contributed by atoms with Crippen LogP contribution >= 0.6 is 0 Å². The maximum atomic E-state index is 12.7. The number of amides is 2. The molecule has 4 heteroatoms. The minimum absolute atomic E-state index is 0.000490. The lowest BCUT2D eigenvalue weighted by molar-refractivity contribution is -0.0135. The highest BCUT2D eigenvalue weighted by molar-refractivity contribution is 6.13. The first-order chi connectivity index (χ1) is 14.7. The average molecular weight is 398 g/mol. The highest BCUT2D eigenvalue weighted by Crippen LogP contribution is 2.55. The first-order valence-electron chi connectivity index (χ1n) is 11.2. The molecule has 0 unspecified atom stereocenters. The van der Waals surface area contributed by atoms with Gasteiger partial charge in [0.05, 0.1) is 6.21 Å². The second kappa shape index (κ2) is 6.83. The van der Waals surface area contributed by atoms with Crippen molar-refractivity contribution in [2.24, 2.45) is 22.9 Å². The first kappa shape index (κ1) is 17.9. The maximum Gasteiger partial charge on any atom is 0.335 e. The van der Waals surface area contributed by atoms with Crippen LogP contribution in [0, 0.1) is 17.8 Å². The number of benzene rings is 3. The molecule has 0 heterocycles. The molecule has 152 valence electrons. The fraction of sp³-hybridized carbons (Fsp3) is 0.385. The summed E-state index contributed by atoms with van der Waals surface area (Å²) in [4.78, 5) is 12.7. The van der Waals surface area contributed by atoms with Crippen LogP contribution in [0.4, 0.5) is 4.79 Å². The van der Waals surface area contributed by atoms with Gasteiger partial charge in [0.2, 0.25) is 0 Å². The van der Waals surface area contributed by atoms with E-state index in [4.69, 9.17) is 0 Å². The third-order valence-corrected chi connectivity index (χ3v) is 7.59. The molecule has 4 aliphatic rings. The number of fused-ring (bicyclic) bond motifs is 2. The van der Waals surface area contributed by atoms with Crippen LogP contribution in [0.5, 0.6) is 0 Å². The van der Waals surface area contributed by atoms with Crippen molar-refractivity contribution in [3.05, 3.63) is 60.2 Å². The quantitative estimate of drug-likeness (QED) is 0.338. The Labute approximate surface area is 176 Å². The first-order valence-corrected chi connectivity index (χ1v) is 11.2. The summed E-state index contributed by atoms with van der Waals surface area (Å²) in [6, 6.07) is 18.7. The zero-order valence-corrected chi connectivity index (χ0v) is 17.1. The van der Waals surface area contributed by atoms with Crippen LogP contribution in [0.25, 0.3) is 21.5 Å². The van der Waals surface area contributed by atoms with Gasteiger partial charge in [0.25, 0.3) is 0 Å². The summed E-state index contributed by atoms with van der Waals surface area (Å²) in [5.74, 6) is 2.42. The Morgan fingerprint density at radius 2 is 1.40 bits per heavy atom. The lowest BCUT2D eigenvalue weighted by Gasteiger charge is -2.56. The molecule has 0 radical (unpaired) electrons. The van der Waals surface area contributed by atoms with Crippen LogP contribution < -0.4 is 10.7 Å². The second-order valence-electron chi connectivity index (χ2n) is 9.75. The summed E-state index contributed by atoms with van der Waals surface area (Å²) in [5.41, 5.74) is 3.80. The minimum Gasteiger partial charge on any atom is -0.331 e. The molecule has 3 aromatic rings. The number of hydrazone groups is 1. The van der Waals surface area contributed by atoms with Crippen LogP contribution in [0.3, 0.4) is 0 Å². The predicted molar refractivity (Wildman–Crippen MR) is 122 cm³/mol. The Hall–Kier alpha value is -2.88. The highest BCUT2D eigenvalue weighted by Gasteiger charge is 2.51. The predicted octanol–water partition coefficient (Wildman–Crippen LogP) is 5.59. The molecule has 2 N–H and O–H groups in total. The summed E-state index contributed by atoms with van der Waals surface area (Å²) in [7, 11) is 0. The fourth-order valence-electron chi connectivity index (χ4n) is 6.88. The zero-order valence-electron chi connectivity index (χ0n) is 17.1. The van der Waals surface area contributed by atoms with Gasteiger partial charge in [0, 0.05) is 11.1 Å². The van der Waals surface area contributed by atoms with E-state index in [-0.39, 0.29) is 11.6 Å². The topological polar surface area (TPSA) is 53.5 Å². The van der Waals surface area contributed by atoms with Gasteiger partial charge in [-0.3, -0.25) is 0 Å². The van der Waals surface area contributed by atoms with Crippen molar-refractivity contribution in [3.8, 4) is 0 Å². The largest absolute Gasteiger partial charge is 0.335 e. The van der Waals surface area contributed by atoms with Gasteiger partial charge in [-0.1, -0.05) is 48.5 Å². The Balaban J connectivity index is 1.24. The molecule has 4 aliphatic carbocycles. The van der Waals surface area contributed by atoms with Crippen molar-refractivity contribution < 1.29 is 4.79 Å². The molecule has 4 fully saturated rings. The standard InChI is InChI=1S/C26H27N3O/c30-25(28-26-13-17-9-18(14-26)11-19(10-17)15-26)29-27-16-24-22-7-3-1-5-20(22)12-21-6-2-4-8-23(21)24/h1-8,12,16-19H,9-11,13-15H2,(H2,28,29,30)/b27-16-. The highest BCUT2D eigenvalue weighted by atomic mass is 16.2. The van der Waals surface area contributed by atoms with E-state index in [1.165, 1.54) is 30.0 Å². The second-order valence-corrected chi connectivity index (χ2v) is 9.75. The molecule has 30 heavy (non-hydrogen) atoms. The monoisotopic (exact) mass is 397 g/mol. The van der Waals surface area contributed by atoms with E-state index in [9.17, 15) is 4.79 Å². The summed E-state index contributed by atoms with van der Waals surface area (Å²) >= 11 is 0. The van der Waals surface area contributed by atoms with Gasteiger partial charge in [0.1, 0.15) is 0 Å². The molecule has 0 aliphatic heterocycles. The van der Waals surface area contributed by atoms with Crippen LogP contribution in [0.1, 0.15) is 44.1 Å². The SMILES string of the molecule is O=C(N/N=C\c1c2ccccc2cc2ccccc12)NC12CC3CC(CC(C3)C1)C2. The summed E-state index contributed by atoms with van der Waals surface area (Å²) < 4.78 is 0. The van der Waals surface area contributed by atoms with Crippen molar-refractivity contribution in [1.82, 2.24) is 10.7 Å². The van der Waals surface area contributed by atoms with E-state index in [1.807, 2.05) is 12.1 Å². The molecule has 0 aromatic heterocycles. The van der Waals surface area contributed by atoms with Crippen LogP contribution in [-0.2, 0) is 0 Å². The van der Waals surface area contributed by atoms with Gasteiger partial charge in [-0.05, 0) is 83.9 Å². The van der Waals surface area contributed by atoms with Gasteiger partial charge < -0.3 is 5.32 Å². The Bertz CT molecular complexity index is 1080. The van der Waals surface area contributed by atoms with E-state index in [0.29, 0.717) is 0 Å². The Morgan fingerprint density at radius 1 is 0.867 bits per heavy atom. The lowest BCUT2D eigenvalue weighted by atomic mass is 9.53. The van der Waals surface area contributed by atoms with E-state index < -0.39 is 0 Å². The maximum absolute atomic E-state index is 12.7. The van der Waals surface area contributed by atoms with E-state index >= 15 is 0 Å². The van der Waals surface area contributed by atoms with Gasteiger partial charge in [-0.25, -0.2) is 10.2 Å². The number of hydrogen-bond donors (Lipinski definition) is 2. The number of urea groups is 1. The summed E-state index contributed by atoms with van der Waals surface area (Å²) in [5, 5.41) is 12.3. The molecular weight excluding hydrogens is 370 g/mol. The number of rotatable bonds is 3. The summed E-state index contributed by atoms with van der Waals surface area (Å²) in [6.07, 6.45) is 9.33. The van der Waals surface area contributed by atoms with Gasteiger partial charge in [-0.2, -0.15) is 5.10 Å². The molecule has 0 spiro atoms. The van der Waals surface area contributed by atoms with Gasteiger partial charge in [0.15, 0.2) is 0 Å². The summed E-state index contributed by atoms with van der Waals surface area (Å²) in [6.45, 7) is 0. The zero-order chi connectivity index (χ0) is 20.1. The molecule has 7 rings (SSSR count). The Morgan fingerprint density at radius 3 is 1.97 bits per heavy atom. The van der Waals surface area contributed by atoms with Crippen molar-refractivity contribution in [2.75, 3.05) is 0 Å². The van der Waals surface area contributed by atoms with Crippen molar-refractivity contribution in [1.29, 1.82) is 0 Å². The number of carbonyl (C=O) groups is 1. The third-order valence-electron chi connectivity index (χ3n) is 7.59. The van der Waals surface area contributed by atoms with Crippen LogP contribution in [0.2, 0.25) is 0 Å². The van der Waals surface area contributed by atoms with Crippen molar-refractivity contribution in [3.63, 3.8) is 0 Å². The molecular formula is C26H27N3O. The van der Waals surface area contributed by atoms with E-state index in [2.05, 4.69) is 58.3 Å². The normalized spacial score (nSPS) is 29.7. The lowest BCUT2D eigenvalue weighted by Crippen LogP contribution is -2.61. The molecule has 0 atom stereocenters. The number of nitrogens with one attached hydrogen (secondary N) is 2. The number of carbonyl (C=O) groups excluding carboxylic acids is 1. The average Bonchev–Trinajstić information content (AvgIpc) is 2.72.